The molecule has 1 fully saturated rings. The Bertz CT molecular complexity index is 655. The number of benzene rings is 1. The minimum atomic E-state index is 0.0167. The van der Waals surface area contributed by atoms with Crippen LogP contribution in [-0.4, -0.2) is 35.0 Å². The number of hydrogen-bond acceptors (Lipinski definition) is 3. The van der Waals surface area contributed by atoms with Crippen molar-refractivity contribution in [2.24, 2.45) is 0 Å². The van der Waals surface area contributed by atoms with Gasteiger partial charge in [-0.25, -0.2) is 4.98 Å². The zero-order valence-electron chi connectivity index (χ0n) is 12.3. The second-order valence-electron chi connectivity index (χ2n) is 5.46. The Morgan fingerprint density at radius 1 is 1.27 bits per heavy atom. The van der Waals surface area contributed by atoms with E-state index in [1.54, 1.807) is 6.20 Å². The fraction of sp³-hybridized carbons (Fsp3) is 0.294. The Morgan fingerprint density at radius 3 is 2.73 bits per heavy atom. The summed E-state index contributed by atoms with van der Waals surface area (Å²) in [6.07, 6.45) is 2.65. The topological polar surface area (TPSA) is 42.4 Å². The summed E-state index contributed by atoms with van der Waals surface area (Å²) in [6.45, 7) is 3.33. The van der Waals surface area contributed by atoms with Crippen LogP contribution in [0.25, 0.3) is 0 Å². The first-order valence-corrected chi connectivity index (χ1v) is 8.34. The van der Waals surface area contributed by atoms with E-state index in [1.165, 1.54) is 0 Å². The molecule has 114 valence electrons. The molecule has 0 N–H and O–H groups in total. The monoisotopic (exact) mass is 408 g/mol. The van der Waals surface area contributed by atoms with Crippen LogP contribution in [0.15, 0.2) is 42.6 Å². The molecule has 1 aromatic heterocycles. The smallest absolute Gasteiger partial charge is 0.253 e. The predicted molar refractivity (Wildman–Crippen MR) is 93.1 cm³/mol. The van der Waals surface area contributed by atoms with Crippen molar-refractivity contribution in [1.82, 2.24) is 9.88 Å². The highest BCUT2D eigenvalue weighted by atomic mass is 127. The molecule has 5 heteroatoms. The fourth-order valence-corrected chi connectivity index (χ4v) is 2.84. The molecule has 1 amide bonds. The van der Waals surface area contributed by atoms with Crippen LogP contribution in [0.1, 0.15) is 22.3 Å². The zero-order chi connectivity index (χ0) is 15.5. The molecule has 1 aliphatic heterocycles. The SMILES string of the molecule is Cc1ccc(OC2CCN(C(=O)c3ccc(I)cc3)C2)nc1. The lowest BCUT2D eigenvalue weighted by Crippen LogP contribution is -2.31. The number of aromatic nitrogens is 1. The van der Waals surface area contributed by atoms with Gasteiger partial charge in [-0.15, -0.1) is 0 Å². The van der Waals surface area contributed by atoms with E-state index in [2.05, 4.69) is 27.6 Å². The highest BCUT2D eigenvalue weighted by Crippen LogP contribution is 2.19. The summed E-state index contributed by atoms with van der Waals surface area (Å²) in [4.78, 5) is 18.6. The summed E-state index contributed by atoms with van der Waals surface area (Å²) >= 11 is 2.23. The molecule has 1 aliphatic rings. The molecule has 0 spiro atoms. The standard InChI is InChI=1S/C17H17IN2O2/c1-12-2-7-16(19-10-12)22-15-8-9-20(11-15)17(21)13-3-5-14(18)6-4-13/h2-7,10,15H,8-9,11H2,1H3. The molecule has 0 aliphatic carbocycles. The molecule has 2 heterocycles. The normalized spacial score (nSPS) is 17.5. The quantitative estimate of drug-likeness (QED) is 0.733. The number of rotatable bonds is 3. The summed E-state index contributed by atoms with van der Waals surface area (Å²) in [5, 5.41) is 0. The molecular weight excluding hydrogens is 391 g/mol. The van der Waals surface area contributed by atoms with Gasteiger partial charge in [0.25, 0.3) is 5.91 Å². The average Bonchev–Trinajstić information content (AvgIpc) is 2.98. The first-order chi connectivity index (χ1) is 10.6. The van der Waals surface area contributed by atoms with Gasteiger partial charge in [-0.1, -0.05) is 6.07 Å². The second kappa shape index (κ2) is 6.64. The third kappa shape index (κ3) is 3.58. The van der Waals surface area contributed by atoms with Crippen molar-refractivity contribution in [3.8, 4) is 5.88 Å². The maximum Gasteiger partial charge on any atom is 0.253 e. The van der Waals surface area contributed by atoms with Gasteiger partial charge in [0.15, 0.2) is 0 Å². The van der Waals surface area contributed by atoms with E-state index in [9.17, 15) is 4.79 Å². The third-order valence-electron chi connectivity index (χ3n) is 3.70. The maximum absolute atomic E-state index is 12.5. The van der Waals surface area contributed by atoms with Gasteiger partial charge in [0.2, 0.25) is 5.88 Å². The maximum atomic E-state index is 12.5. The first kappa shape index (κ1) is 15.3. The number of nitrogens with zero attached hydrogens (tertiary/aromatic N) is 2. The average molecular weight is 408 g/mol. The number of hydrogen-bond donors (Lipinski definition) is 0. The summed E-state index contributed by atoms with van der Waals surface area (Å²) in [5.74, 6) is 0.693. The van der Waals surface area contributed by atoms with Gasteiger partial charge >= 0.3 is 0 Å². The third-order valence-corrected chi connectivity index (χ3v) is 4.41. The van der Waals surface area contributed by atoms with E-state index in [4.69, 9.17) is 4.74 Å². The van der Waals surface area contributed by atoms with Crippen molar-refractivity contribution >= 4 is 28.5 Å². The summed E-state index contributed by atoms with van der Waals surface area (Å²) in [5.41, 5.74) is 1.84. The molecule has 4 nitrogen and oxygen atoms in total. The van der Waals surface area contributed by atoms with Gasteiger partial charge in [0, 0.05) is 34.4 Å². The van der Waals surface area contributed by atoms with Gasteiger partial charge in [0.05, 0.1) is 6.54 Å². The molecule has 1 unspecified atom stereocenters. The van der Waals surface area contributed by atoms with E-state index in [0.717, 1.165) is 27.7 Å². The highest BCUT2D eigenvalue weighted by Gasteiger charge is 2.28. The van der Waals surface area contributed by atoms with Crippen molar-refractivity contribution < 1.29 is 9.53 Å². The lowest BCUT2D eigenvalue weighted by Gasteiger charge is -2.17. The number of carbonyl (C=O) groups is 1. The molecule has 1 aromatic carbocycles. The molecule has 0 saturated carbocycles. The molecule has 0 bridgehead atoms. The van der Waals surface area contributed by atoms with Crippen molar-refractivity contribution in [3.05, 3.63) is 57.3 Å². The van der Waals surface area contributed by atoms with Crippen LogP contribution < -0.4 is 4.74 Å². The Hall–Kier alpha value is -1.63. The molecule has 1 saturated heterocycles. The number of carbonyl (C=O) groups excluding carboxylic acids is 1. The molecule has 3 rings (SSSR count). The van der Waals surface area contributed by atoms with Gasteiger partial charge < -0.3 is 9.64 Å². The first-order valence-electron chi connectivity index (χ1n) is 7.26. The Kier molecular flexibility index (Phi) is 4.61. The van der Waals surface area contributed by atoms with Crippen molar-refractivity contribution in [2.75, 3.05) is 13.1 Å². The summed E-state index contributed by atoms with van der Waals surface area (Å²) < 4.78 is 6.99. The minimum absolute atomic E-state index is 0.0167. The largest absolute Gasteiger partial charge is 0.472 e. The molecule has 1 atom stereocenters. The van der Waals surface area contributed by atoms with Gasteiger partial charge in [0.1, 0.15) is 6.10 Å². The van der Waals surface area contributed by atoms with Gasteiger partial charge in [-0.3, -0.25) is 4.79 Å². The van der Waals surface area contributed by atoms with Crippen molar-refractivity contribution in [3.63, 3.8) is 0 Å². The Labute approximate surface area is 143 Å². The van der Waals surface area contributed by atoms with Crippen LogP contribution in [0.4, 0.5) is 0 Å². The lowest BCUT2D eigenvalue weighted by atomic mass is 10.2. The number of pyridine rings is 1. The second-order valence-corrected chi connectivity index (χ2v) is 6.71. The zero-order valence-corrected chi connectivity index (χ0v) is 14.5. The number of amides is 1. The summed E-state index contributed by atoms with van der Waals surface area (Å²) in [6, 6.07) is 11.5. The molecule has 2 aromatic rings. The van der Waals surface area contributed by atoms with Crippen LogP contribution in [0.2, 0.25) is 0 Å². The Balaban J connectivity index is 1.61. The molecule has 0 radical (unpaired) electrons. The number of halogens is 1. The van der Waals surface area contributed by atoms with Crippen LogP contribution in [0.5, 0.6) is 5.88 Å². The van der Waals surface area contributed by atoms with E-state index in [0.29, 0.717) is 12.4 Å². The molecule has 22 heavy (non-hydrogen) atoms. The van der Waals surface area contributed by atoms with Crippen LogP contribution in [0, 0.1) is 10.5 Å². The van der Waals surface area contributed by atoms with E-state index in [-0.39, 0.29) is 12.0 Å². The van der Waals surface area contributed by atoms with Crippen LogP contribution >= 0.6 is 22.6 Å². The van der Waals surface area contributed by atoms with Crippen molar-refractivity contribution in [1.29, 1.82) is 0 Å². The number of ether oxygens (including phenoxy) is 1. The van der Waals surface area contributed by atoms with E-state index < -0.39 is 0 Å². The lowest BCUT2D eigenvalue weighted by molar-refractivity contribution is 0.0771. The Morgan fingerprint density at radius 2 is 2.05 bits per heavy atom. The predicted octanol–water partition coefficient (Wildman–Crippen LogP) is 3.29. The number of aryl methyl sites for hydroxylation is 1. The van der Waals surface area contributed by atoms with Gasteiger partial charge in [-0.2, -0.15) is 0 Å². The minimum Gasteiger partial charge on any atom is -0.472 e. The van der Waals surface area contributed by atoms with E-state index >= 15 is 0 Å². The number of likely N-dealkylation sites (tertiary alicyclic amines) is 1. The van der Waals surface area contributed by atoms with Crippen LogP contribution in [0.3, 0.4) is 0 Å². The highest BCUT2D eigenvalue weighted by molar-refractivity contribution is 14.1. The molecular formula is C17H17IN2O2. The van der Waals surface area contributed by atoms with Gasteiger partial charge in [-0.05, 0) is 59.3 Å². The van der Waals surface area contributed by atoms with Crippen LogP contribution in [-0.2, 0) is 0 Å². The van der Waals surface area contributed by atoms with E-state index in [1.807, 2.05) is 48.2 Å². The fourth-order valence-electron chi connectivity index (χ4n) is 2.48. The van der Waals surface area contributed by atoms with Crippen molar-refractivity contribution in [2.45, 2.75) is 19.4 Å². The summed E-state index contributed by atoms with van der Waals surface area (Å²) in [7, 11) is 0.